The summed E-state index contributed by atoms with van der Waals surface area (Å²) in [7, 11) is 0. The quantitative estimate of drug-likeness (QED) is 0.754. The molecule has 2 N–H and O–H groups in total. The molecule has 4 rings (SSSR count). The van der Waals surface area contributed by atoms with Crippen LogP contribution in [0.4, 0.5) is 0 Å². The van der Waals surface area contributed by atoms with Crippen LogP contribution in [-0.4, -0.2) is 21.1 Å². The molecule has 0 spiro atoms. The van der Waals surface area contributed by atoms with Gasteiger partial charge < -0.3 is 5.32 Å². The fourth-order valence-electron chi connectivity index (χ4n) is 3.23. The van der Waals surface area contributed by atoms with Crippen molar-refractivity contribution in [2.24, 2.45) is 5.92 Å². The van der Waals surface area contributed by atoms with E-state index in [1.165, 1.54) is 5.56 Å². The molecule has 1 amide bonds. The molecule has 3 aromatic rings. The molecule has 2 aromatic carbocycles. The molecular weight excluding hydrogens is 312 g/mol. The van der Waals surface area contributed by atoms with E-state index in [0.29, 0.717) is 11.7 Å². The topological polar surface area (TPSA) is 70.7 Å². The van der Waals surface area contributed by atoms with Gasteiger partial charge in [-0.25, -0.2) is 4.98 Å². The Morgan fingerprint density at radius 1 is 1.12 bits per heavy atom. The lowest BCUT2D eigenvalue weighted by molar-refractivity contribution is -0.123. The van der Waals surface area contributed by atoms with Crippen molar-refractivity contribution in [3.05, 3.63) is 83.4 Å². The summed E-state index contributed by atoms with van der Waals surface area (Å²) in [6, 6.07) is 19.7. The molecule has 0 saturated heterocycles. The Bertz CT molecular complexity index is 860. The Morgan fingerprint density at radius 2 is 1.80 bits per heavy atom. The van der Waals surface area contributed by atoms with Crippen molar-refractivity contribution in [3.8, 4) is 0 Å². The van der Waals surface area contributed by atoms with E-state index in [4.69, 9.17) is 0 Å². The van der Waals surface area contributed by atoms with Gasteiger partial charge in [-0.05, 0) is 30.4 Å². The van der Waals surface area contributed by atoms with Gasteiger partial charge in [0.2, 0.25) is 5.91 Å². The third kappa shape index (κ3) is 3.31. The van der Waals surface area contributed by atoms with E-state index in [1.54, 1.807) is 0 Å². The highest BCUT2D eigenvalue weighted by Gasteiger charge is 2.44. The number of aryl methyl sites for hydroxylation is 1. The Balaban J connectivity index is 1.52. The van der Waals surface area contributed by atoms with Crippen LogP contribution in [-0.2, 0) is 4.79 Å². The second kappa shape index (κ2) is 6.51. The van der Waals surface area contributed by atoms with Crippen molar-refractivity contribution in [1.29, 1.82) is 0 Å². The number of aromatic nitrogens is 3. The molecule has 5 nitrogen and oxygen atoms in total. The molecule has 1 saturated carbocycles. The number of amides is 1. The lowest BCUT2D eigenvalue weighted by Crippen LogP contribution is -2.31. The minimum Gasteiger partial charge on any atom is -0.342 e. The highest BCUT2D eigenvalue weighted by Crippen LogP contribution is 2.47. The number of nitrogens with zero attached hydrogens (tertiary/aromatic N) is 2. The first-order chi connectivity index (χ1) is 12.2. The Hall–Kier alpha value is -2.95. The van der Waals surface area contributed by atoms with E-state index in [1.807, 2.05) is 55.5 Å². The monoisotopic (exact) mass is 332 g/mol. The molecule has 1 aliphatic carbocycles. The van der Waals surface area contributed by atoms with Crippen molar-refractivity contribution in [2.75, 3.05) is 0 Å². The molecule has 1 aromatic heterocycles. The van der Waals surface area contributed by atoms with Gasteiger partial charge in [-0.1, -0.05) is 60.7 Å². The zero-order valence-corrected chi connectivity index (χ0v) is 14.0. The first kappa shape index (κ1) is 15.6. The first-order valence-corrected chi connectivity index (χ1v) is 8.51. The fraction of sp³-hybridized carbons (Fsp3) is 0.250. The van der Waals surface area contributed by atoms with Crippen LogP contribution in [0.15, 0.2) is 60.7 Å². The molecule has 0 bridgehead atoms. The van der Waals surface area contributed by atoms with E-state index < -0.39 is 0 Å². The molecule has 3 atom stereocenters. The van der Waals surface area contributed by atoms with Gasteiger partial charge in [0, 0.05) is 5.92 Å². The van der Waals surface area contributed by atoms with E-state index in [-0.39, 0.29) is 17.9 Å². The maximum atomic E-state index is 12.8. The number of H-pyrrole nitrogens is 1. The fourth-order valence-corrected chi connectivity index (χ4v) is 3.23. The summed E-state index contributed by atoms with van der Waals surface area (Å²) in [5, 5.41) is 10.3. The number of benzene rings is 2. The lowest BCUT2D eigenvalue weighted by Gasteiger charge is -2.16. The van der Waals surface area contributed by atoms with Crippen LogP contribution in [0.5, 0.6) is 0 Å². The molecule has 0 aliphatic heterocycles. The molecule has 126 valence electrons. The van der Waals surface area contributed by atoms with Crippen molar-refractivity contribution >= 4 is 5.91 Å². The van der Waals surface area contributed by atoms with Crippen LogP contribution >= 0.6 is 0 Å². The number of nitrogens with one attached hydrogen (secondary N) is 2. The van der Waals surface area contributed by atoms with Gasteiger partial charge >= 0.3 is 0 Å². The summed E-state index contributed by atoms with van der Waals surface area (Å²) in [6.45, 7) is 1.85. The van der Waals surface area contributed by atoms with Gasteiger partial charge in [-0.3, -0.25) is 9.89 Å². The third-order valence-corrected chi connectivity index (χ3v) is 4.65. The Labute approximate surface area is 146 Å². The SMILES string of the molecule is Cc1nc([C@H](NC(=O)[C@@H]2C[C@H]2c2ccccc2)c2ccccc2)n[nH]1. The molecule has 1 fully saturated rings. The van der Waals surface area contributed by atoms with Gasteiger partial charge in [-0.2, -0.15) is 5.10 Å². The summed E-state index contributed by atoms with van der Waals surface area (Å²) in [5.74, 6) is 1.72. The van der Waals surface area contributed by atoms with Gasteiger partial charge in [0.15, 0.2) is 5.82 Å². The smallest absolute Gasteiger partial charge is 0.224 e. The minimum atomic E-state index is -0.337. The molecule has 0 radical (unpaired) electrons. The average molecular weight is 332 g/mol. The molecule has 25 heavy (non-hydrogen) atoms. The van der Waals surface area contributed by atoms with Gasteiger partial charge in [-0.15, -0.1) is 0 Å². The van der Waals surface area contributed by atoms with Crippen LogP contribution < -0.4 is 5.32 Å². The largest absolute Gasteiger partial charge is 0.342 e. The highest BCUT2D eigenvalue weighted by molar-refractivity contribution is 5.83. The average Bonchev–Trinajstić information content (AvgIpc) is 3.35. The standard InChI is InChI=1S/C20H20N4O/c1-13-21-19(24-23-13)18(15-10-6-3-7-11-15)22-20(25)17-12-16(17)14-8-4-2-5-9-14/h2-11,16-18H,12H2,1H3,(H,22,25)(H,21,23,24)/t16-,17+,18+/m0/s1. The summed E-state index contributed by atoms with van der Waals surface area (Å²) in [5.41, 5.74) is 2.21. The summed E-state index contributed by atoms with van der Waals surface area (Å²) >= 11 is 0. The highest BCUT2D eigenvalue weighted by atomic mass is 16.2. The number of rotatable bonds is 5. The molecular formula is C20H20N4O. The maximum absolute atomic E-state index is 12.8. The van der Waals surface area contributed by atoms with Crippen LogP contribution in [0.1, 0.15) is 41.2 Å². The molecule has 0 unspecified atom stereocenters. The van der Waals surface area contributed by atoms with Crippen molar-refractivity contribution in [1.82, 2.24) is 20.5 Å². The Morgan fingerprint density at radius 3 is 2.44 bits per heavy atom. The predicted molar refractivity (Wildman–Crippen MR) is 94.8 cm³/mol. The number of hydrogen-bond acceptors (Lipinski definition) is 3. The van der Waals surface area contributed by atoms with Gasteiger partial charge in [0.05, 0.1) is 0 Å². The van der Waals surface area contributed by atoms with Crippen molar-refractivity contribution in [2.45, 2.75) is 25.3 Å². The minimum absolute atomic E-state index is 0.0219. The second-order valence-electron chi connectivity index (χ2n) is 6.49. The predicted octanol–water partition coefficient (Wildman–Crippen LogP) is 3.12. The van der Waals surface area contributed by atoms with Gasteiger partial charge in [0.1, 0.15) is 11.9 Å². The zero-order chi connectivity index (χ0) is 17.2. The Kier molecular flexibility index (Phi) is 4.06. The lowest BCUT2D eigenvalue weighted by atomic mass is 10.1. The normalized spacial score (nSPS) is 20.0. The summed E-state index contributed by atoms with van der Waals surface area (Å²) < 4.78 is 0. The third-order valence-electron chi connectivity index (χ3n) is 4.65. The van der Waals surface area contributed by atoms with Gasteiger partial charge in [0.25, 0.3) is 0 Å². The maximum Gasteiger partial charge on any atom is 0.224 e. The van der Waals surface area contributed by atoms with Crippen LogP contribution in [0, 0.1) is 12.8 Å². The number of carbonyl (C=O) groups excluding carboxylic acids is 1. The summed E-state index contributed by atoms with van der Waals surface area (Å²) in [6.07, 6.45) is 0.893. The number of carbonyl (C=O) groups is 1. The molecule has 1 aliphatic rings. The molecule has 1 heterocycles. The van der Waals surface area contributed by atoms with Crippen LogP contribution in [0.2, 0.25) is 0 Å². The van der Waals surface area contributed by atoms with Crippen molar-refractivity contribution < 1.29 is 4.79 Å². The summed E-state index contributed by atoms with van der Waals surface area (Å²) in [4.78, 5) is 17.2. The van der Waals surface area contributed by atoms with Crippen LogP contribution in [0.3, 0.4) is 0 Å². The van der Waals surface area contributed by atoms with E-state index in [0.717, 1.165) is 17.8 Å². The van der Waals surface area contributed by atoms with Crippen molar-refractivity contribution in [3.63, 3.8) is 0 Å². The zero-order valence-electron chi connectivity index (χ0n) is 14.0. The number of hydrogen-bond donors (Lipinski definition) is 2. The first-order valence-electron chi connectivity index (χ1n) is 8.51. The van der Waals surface area contributed by atoms with E-state index >= 15 is 0 Å². The number of aromatic amines is 1. The second-order valence-corrected chi connectivity index (χ2v) is 6.49. The van der Waals surface area contributed by atoms with E-state index in [2.05, 4.69) is 32.6 Å². The molecule has 5 heteroatoms. The van der Waals surface area contributed by atoms with Crippen LogP contribution in [0.25, 0.3) is 0 Å². The van der Waals surface area contributed by atoms with E-state index in [9.17, 15) is 4.79 Å².